The van der Waals surface area contributed by atoms with Crippen LogP contribution in [0.2, 0.25) is 5.02 Å². The van der Waals surface area contributed by atoms with E-state index in [9.17, 15) is 19.7 Å². The van der Waals surface area contributed by atoms with Gasteiger partial charge in [0.25, 0.3) is 11.2 Å². The Bertz CT molecular complexity index is 1230. The van der Waals surface area contributed by atoms with Crippen LogP contribution in [0.1, 0.15) is 28.4 Å². The summed E-state index contributed by atoms with van der Waals surface area (Å²) in [7, 11) is 0. The maximum absolute atomic E-state index is 12.3. The van der Waals surface area contributed by atoms with Gasteiger partial charge in [-0.15, -0.1) is 11.3 Å². The maximum Gasteiger partial charge on any atom is 0.273 e. The highest BCUT2D eigenvalue weighted by atomic mass is 35.5. The number of H-pyrrole nitrogens is 1. The van der Waals surface area contributed by atoms with Gasteiger partial charge < -0.3 is 4.98 Å². The second-order valence-electron chi connectivity index (χ2n) is 5.94. The number of hydrogen-bond donors (Lipinski definition) is 1. The molecule has 0 aliphatic heterocycles. The lowest BCUT2D eigenvalue weighted by Crippen LogP contribution is -2.20. The van der Waals surface area contributed by atoms with Crippen LogP contribution in [0.3, 0.4) is 0 Å². The number of Topliss-reactive ketones (excluding diaryl/α,β-unsaturated/α-hetero) is 1. The molecule has 142 valence electrons. The van der Waals surface area contributed by atoms with E-state index in [4.69, 9.17) is 11.6 Å². The third-order valence-electron chi connectivity index (χ3n) is 4.06. The van der Waals surface area contributed by atoms with Gasteiger partial charge in [-0.05, 0) is 42.3 Å². The van der Waals surface area contributed by atoms with Gasteiger partial charge in [-0.25, -0.2) is 0 Å². The molecule has 1 N–H and O–H groups in total. The molecule has 0 saturated carbocycles. The lowest BCUT2D eigenvalue weighted by atomic mass is 10.1. The summed E-state index contributed by atoms with van der Waals surface area (Å²) in [6.45, 7) is 1.84. The number of aromatic amines is 1. The summed E-state index contributed by atoms with van der Waals surface area (Å²) in [5.74, 6) is -0.261. The molecule has 2 aromatic carbocycles. The zero-order valence-corrected chi connectivity index (χ0v) is 16.3. The minimum Gasteiger partial charge on any atom is -0.313 e. The van der Waals surface area contributed by atoms with Crippen LogP contribution in [-0.4, -0.2) is 15.7 Å². The summed E-state index contributed by atoms with van der Waals surface area (Å²) < 4.78 is 0.754. The SMILES string of the molecule is CCc1ccc(C=c2sc(=CC(=O)c3ccc(Cl)cc3)[nH]c2=O)cc1[N+](=O)[O-]. The number of rotatable bonds is 5. The summed E-state index contributed by atoms with van der Waals surface area (Å²) in [6, 6.07) is 11.3. The summed E-state index contributed by atoms with van der Waals surface area (Å²) in [5.41, 5.74) is 1.29. The van der Waals surface area contributed by atoms with E-state index in [2.05, 4.69) is 4.98 Å². The monoisotopic (exact) mass is 414 g/mol. The Balaban J connectivity index is 1.99. The molecule has 0 saturated heterocycles. The fourth-order valence-electron chi connectivity index (χ4n) is 2.63. The van der Waals surface area contributed by atoms with Crippen molar-refractivity contribution in [2.45, 2.75) is 13.3 Å². The van der Waals surface area contributed by atoms with Crippen molar-refractivity contribution in [2.24, 2.45) is 0 Å². The number of thiazole rings is 1. The lowest BCUT2D eigenvalue weighted by Gasteiger charge is -2.00. The van der Waals surface area contributed by atoms with Crippen LogP contribution < -0.4 is 14.8 Å². The van der Waals surface area contributed by atoms with E-state index in [1.165, 1.54) is 12.1 Å². The van der Waals surface area contributed by atoms with Gasteiger partial charge in [0.05, 0.1) is 14.1 Å². The molecule has 0 bridgehead atoms. The van der Waals surface area contributed by atoms with Gasteiger partial charge in [0.15, 0.2) is 5.78 Å². The number of aryl methyl sites for hydroxylation is 1. The number of hydrogen-bond acceptors (Lipinski definition) is 5. The Morgan fingerprint density at radius 3 is 2.61 bits per heavy atom. The molecule has 0 amide bonds. The first-order valence-electron chi connectivity index (χ1n) is 8.37. The van der Waals surface area contributed by atoms with Crippen LogP contribution >= 0.6 is 22.9 Å². The van der Waals surface area contributed by atoms with Gasteiger partial charge in [-0.3, -0.25) is 19.7 Å². The molecular weight excluding hydrogens is 400 g/mol. The van der Waals surface area contributed by atoms with Crippen LogP contribution in [0.4, 0.5) is 5.69 Å². The number of ketones is 1. The molecule has 1 heterocycles. The third-order valence-corrected chi connectivity index (χ3v) is 5.27. The van der Waals surface area contributed by atoms with E-state index < -0.39 is 4.92 Å². The second kappa shape index (κ2) is 8.33. The topological polar surface area (TPSA) is 93.1 Å². The molecular formula is C20H15ClN2O4S. The van der Waals surface area contributed by atoms with Crippen molar-refractivity contribution in [2.75, 3.05) is 0 Å². The van der Waals surface area contributed by atoms with Gasteiger partial charge in [-0.2, -0.15) is 0 Å². The van der Waals surface area contributed by atoms with E-state index >= 15 is 0 Å². The average molecular weight is 415 g/mol. The quantitative estimate of drug-likeness (QED) is 0.394. The highest BCUT2D eigenvalue weighted by Crippen LogP contribution is 2.21. The number of carbonyl (C=O) groups excluding carboxylic acids is 1. The first-order chi connectivity index (χ1) is 13.4. The third kappa shape index (κ3) is 4.44. The molecule has 6 nitrogen and oxygen atoms in total. The van der Waals surface area contributed by atoms with E-state index in [1.807, 2.05) is 6.92 Å². The predicted molar refractivity (Wildman–Crippen MR) is 110 cm³/mol. The lowest BCUT2D eigenvalue weighted by molar-refractivity contribution is -0.385. The van der Waals surface area contributed by atoms with Crippen LogP contribution in [0.15, 0.2) is 47.3 Å². The minimum absolute atomic E-state index is 0.0222. The zero-order chi connectivity index (χ0) is 20.3. The predicted octanol–water partition coefficient (Wildman–Crippen LogP) is 3.05. The largest absolute Gasteiger partial charge is 0.313 e. The Morgan fingerprint density at radius 2 is 1.96 bits per heavy atom. The molecule has 0 atom stereocenters. The van der Waals surface area contributed by atoms with Crippen molar-refractivity contribution in [1.82, 2.24) is 4.98 Å². The Hall–Kier alpha value is -3.03. The highest BCUT2D eigenvalue weighted by molar-refractivity contribution is 7.07. The Labute approximate surface area is 168 Å². The standard InChI is InChI=1S/C20H15ClN2O4S/c1-2-13-4-3-12(9-16(13)23(26)27)10-18-20(25)22-19(28-18)11-17(24)14-5-7-15(21)8-6-14/h3-11H,2H2,1H3,(H,22,25). The second-order valence-corrected chi connectivity index (χ2v) is 7.46. The minimum atomic E-state index is -0.432. The summed E-state index contributed by atoms with van der Waals surface area (Å²) in [5, 5.41) is 11.7. The first kappa shape index (κ1) is 19.7. The fourth-order valence-corrected chi connectivity index (χ4v) is 3.64. The van der Waals surface area contributed by atoms with Crippen molar-refractivity contribution < 1.29 is 9.72 Å². The van der Waals surface area contributed by atoms with Gasteiger partial charge in [-0.1, -0.05) is 30.7 Å². The van der Waals surface area contributed by atoms with Crippen molar-refractivity contribution in [3.8, 4) is 0 Å². The molecule has 0 unspecified atom stereocenters. The van der Waals surface area contributed by atoms with E-state index in [-0.39, 0.29) is 17.0 Å². The Morgan fingerprint density at radius 1 is 1.25 bits per heavy atom. The van der Waals surface area contributed by atoms with Crippen molar-refractivity contribution in [1.29, 1.82) is 0 Å². The molecule has 0 aliphatic rings. The number of nitrogens with zero attached hydrogens (tertiary/aromatic N) is 1. The van der Waals surface area contributed by atoms with E-state index in [1.54, 1.807) is 42.5 Å². The molecule has 1 aromatic heterocycles. The molecule has 0 spiro atoms. The number of aromatic nitrogens is 1. The number of carbonyl (C=O) groups is 1. The van der Waals surface area contributed by atoms with Gasteiger partial charge in [0, 0.05) is 28.3 Å². The molecule has 0 aliphatic carbocycles. The van der Waals surface area contributed by atoms with Gasteiger partial charge >= 0.3 is 0 Å². The molecule has 3 rings (SSSR count). The maximum atomic E-state index is 12.3. The number of nitrogens with one attached hydrogen (secondary N) is 1. The number of nitro groups is 1. The molecule has 8 heteroatoms. The van der Waals surface area contributed by atoms with Crippen LogP contribution in [0.5, 0.6) is 0 Å². The summed E-state index contributed by atoms with van der Waals surface area (Å²) in [6.07, 6.45) is 3.46. The van der Waals surface area contributed by atoms with Gasteiger partial charge in [0.2, 0.25) is 0 Å². The van der Waals surface area contributed by atoms with Crippen molar-refractivity contribution in [3.05, 3.63) is 93.8 Å². The molecule has 3 aromatic rings. The van der Waals surface area contributed by atoms with Crippen molar-refractivity contribution in [3.63, 3.8) is 0 Å². The summed E-state index contributed by atoms with van der Waals surface area (Å²) in [4.78, 5) is 37.9. The zero-order valence-electron chi connectivity index (χ0n) is 14.8. The molecule has 0 fully saturated rings. The van der Waals surface area contributed by atoms with Gasteiger partial charge in [0.1, 0.15) is 0 Å². The normalized spacial score (nSPS) is 12.4. The van der Waals surface area contributed by atoms with Crippen molar-refractivity contribution >= 4 is 46.6 Å². The molecule has 0 radical (unpaired) electrons. The number of halogens is 1. The number of benzene rings is 2. The highest BCUT2D eigenvalue weighted by Gasteiger charge is 2.12. The van der Waals surface area contributed by atoms with Crippen LogP contribution in [0, 0.1) is 10.1 Å². The first-order valence-corrected chi connectivity index (χ1v) is 9.56. The fraction of sp³-hybridized carbons (Fsp3) is 0.100. The Kier molecular flexibility index (Phi) is 5.87. The van der Waals surface area contributed by atoms with Crippen LogP contribution in [-0.2, 0) is 6.42 Å². The van der Waals surface area contributed by atoms with Crippen LogP contribution in [0.25, 0.3) is 12.2 Å². The van der Waals surface area contributed by atoms with E-state index in [0.29, 0.717) is 37.3 Å². The smallest absolute Gasteiger partial charge is 0.273 e. The molecule has 28 heavy (non-hydrogen) atoms. The van der Waals surface area contributed by atoms with E-state index in [0.717, 1.165) is 11.3 Å². The summed E-state index contributed by atoms with van der Waals surface area (Å²) >= 11 is 6.92. The number of nitro benzene ring substituents is 1. The average Bonchev–Trinajstić information content (AvgIpc) is 3.00.